The van der Waals surface area contributed by atoms with E-state index in [0.717, 1.165) is 0 Å². The SMILES string of the molecule is [NH]c1ccccc1C(=O)O. The van der Waals surface area contributed by atoms with E-state index < -0.39 is 5.97 Å². The van der Waals surface area contributed by atoms with Gasteiger partial charge < -0.3 is 10.8 Å². The molecule has 1 aromatic carbocycles. The second-order valence-corrected chi connectivity index (χ2v) is 1.85. The number of rotatable bonds is 1. The number of carbonyl (C=O) groups is 1. The monoisotopic (exact) mass is 136 g/mol. The van der Waals surface area contributed by atoms with E-state index in [1.165, 1.54) is 12.1 Å². The van der Waals surface area contributed by atoms with Gasteiger partial charge in [0, 0.05) is 0 Å². The van der Waals surface area contributed by atoms with Gasteiger partial charge in [-0.15, -0.1) is 0 Å². The van der Waals surface area contributed by atoms with E-state index >= 15 is 0 Å². The van der Waals surface area contributed by atoms with Gasteiger partial charge in [-0.2, -0.15) is 0 Å². The normalized spacial score (nSPS) is 9.20. The first-order valence-corrected chi connectivity index (χ1v) is 2.76. The molecule has 0 unspecified atom stereocenters. The van der Waals surface area contributed by atoms with E-state index in [1.54, 1.807) is 12.1 Å². The zero-order chi connectivity index (χ0) is 7.56. The van der Waals surface area contributed by atoms with Gasteiger partial charge in [0.15, 0.2) is 0 Å². The molecule has 0 aliphatic heterocycles. The fourth-order valence-corrected chi connectivity index (χ4v) is 0.670. The lowest BCUT2D eigenvalue weighted by molar-refractivity contribution is 0.0698. The molecular weight excluding hydrogens is 130 g/mol. The van der Waals surface area contributed by atoms with Crippen molar-refractivity contribution in [2.24, 2.45) is 0 Å². The molecule has 0 heterocycles. The third-order valence-electron chi connectivity index (χ3n) is 1.16. The minimum Gasteiger partial charge on any atom is -0.478 e. The van der Waals surface area contributed by atoms with Crippen LogP contribution in [0.3, 0.4) is 0 Å². The minimum atomic E-state index is -1.05. The van der Waals surface area contributed by atoms with Gasteiger partial charge in [0.05, 0.1) is 11.3 Å². The van der Waals surface area contributed by atoms with E-state index in [2.05, 4.69) is 0 Å². The molecule has 0 amide bonds. The van der Waals surface area contributed by atoms with Crippen molar-refractivity contribution in [1.82, 2.24) is 5.73 Å². The quantitative estimate of drug-likeness (QED) is 0.632. The Labute approximate surface area is 58.1 Å². The van der Waals surface area contributed by atoms with Crippen molar-refractivity contribution < 1.29 is 9.90 Å². The molecule has 0 aromatic heterocycles. The number of carboxylic acids is 1. The molecule has 0 bridgehead atoms. The number of carboxylic acid groups (broad SMARTS) is 1. The third-order valence-corrected chi connectivity index (χ3v) is 1.16. The summed E-state index contributed by atoms with van der Waals surface area (Å²) in [4.78, 5) is 10.3. The standard InChI is InChI=1S/C7H6NO2/c8-6-4-2-1-3-5(6)7(9)10/h1-4,8H,(H,9,10). The summed E-state index contributed by atoms with van der Waals surface area (Å²) in [5.41, 5.74) is 7.22. The molecular formula is C7H6NO2. The van der Waals surface area contributed by atoms with Gasteiger partial charge in [-0.05, 0) is 12.1 Å². The molecule has 0 spiro atoms. The molecule has 0 aliphatic rings. The van der Waals surface area contributed by atoms with Crippen LogP contribution in [0.25, 0.3) is 0 Å². The Hall–Kier alpha value is -1.51. The number of hydrogen-bond acceptors (Lipinski definition) is 1. The number of nitrogens with one attached hydrogen (secondary N) is 1. The summed E-state index contributed by atoms with van der Waals surface area (Å²) in [7, 11) is 0. The van der Waals surface area contributed by atoms with Gasteiger partial charge in [0.25, 0.3) is 0 Å². The highest BCUT2D eigenvalue weighted by atomic mass is 16.4. The highest BCUT2D eigenvalue weighted by Gasteiger charge is 2.04. The maximum absolute atomic E-state index is 10.3. The van der Waals surface area contributed by atoms with Gasteiger partial charge in [-0.3, -0.25) is 0 Å². The van der Waals surface area contributed by atoms with Crippen LogP contribution in [0.1, 0.15) is 10.4 Å². The van der Waals surface area contributed by atoms with Crippen LogP contribution >= 0.6 is 0 Å². The average molecular weight is 136 g/mol. The molecule has 0 aliphatic carbocycles. The van der Waals surface area contributed by atoms with Crippen LogP contribution in [-0.4, -0.2) is 11.1 Å². The smallest absolute Gasteiger partial charge is 0.337 e. The summed E-state index contributed by atoms with van der Waals surface area (Å²) < 4.78 is 0. The van der Waals surface area contributed by atoms with Crippen LogP contribution in [0.2, 0.25) is 0 Å². The van der Waals surface area contributed by atoms with Gasteiger partial charge in [0.2, 0.25) is 0 Å². The van der Waals surface area contributed by atoms with Crippen LogP contribution in [0.4, 0.5) is 5.69 Å². The highest BCUT2D eigenvalue weighted by Crippen LogP contribution is 2.10. The van der Waals surface area contributed by atoms with Crippen molar-refractivity contribution in [2.75, 3.05) is 0 Å². The van der Waals surface area contributed by atoms with Crippen LogP contribution in [0.5, 0.6) is 0 Å². The first-order chi connectivity index (χ1) is 4.72. The van der Waals surface area contributed by atoms with Crippen LogP contribution < -0.4 is 5.73 Å². The molecule has 1 rings (SSSR count). The van der Waals surface area contributed by atoms with E-state index in [9.17, 15) is 4.79 Å². The summed E-state index contributed by atoms with van der Waals surface area (Å²) >= 11 is 0. The topological polar surface area (TPSA) is 61.1 Å². The number of benzene rings is 1. The maximum Gasteiger partial charge on any atom is 0.337 e. The van der Waals surface area contributed by atoms with Crippen molar-refractivity contribution >= 4 is 11.7 Å². The summed E-state index contributed by atoms with van der Waals surface area (Å²) in [5, 5.41) is 8.45. The van der Waals surface area contributed by atoms with Crippen molar-refractivity contribution in [3.8, 4) is 0 Å². The van der Waals surface area contributed by atoms with Crippen molar-refractivity contribution in [1.29, 1.82) is 0 Å². The Bertz CT molecular complexity index is 258. The molecule has 10 heavy (non-hydrogen) atoms. The zero-order valence-corrected chi connectivity index (χ0v) is 5.16. The molecule has 0 saturated carbocycles. The lowest BCUT2D eigenvalue weighted by atomic mass is 10.2. The number of hydrogen-bond donors (Lipinski definition) is 1. The Morgan fingerprint density at radius 2 is 2.00 bits per heavy atom. The summed E-state index contributed by atoms with van der Waals surface area (Å²) in [5.74, 6) is -1.05. The predicted molar refractivity (Wildman–Crippen MR) is 36.2 cm³/mol. The molecule has 0 saturated heterocycles. The largest absolute Gasteiger partial charge is 0.478 e. The molecule has 2 N–H and O–H groups in total. The summed E-state index contributed by atoms with van der Waals surface area (Å²) in [6.45, 7) is 0. The Morgan fingerprint density at radius 1 is 1.40 bits per heavy atom. The first kappa shape index (κ1) is 6.61. The summed E-state index contributed by atoms with van der Waals surface area (Å²) in [6.07, 6.45) is 0. The lowest BCUT2D eigenvalue weighted by Crippen LogP contribution is -1.96. The van der Waals surface area contributed by atoms with Gasteiger partial charge in [0.1, 0.15) is 0 Å². The molecule has 0 atom stereocenters. The highest BCUT2D eigenvalue weighted by molar-refractivity contribution is 5.92. The second kappa shape index (κ2) is 2.39. The molecule has 0 fully saturated rings. The van der Waals surface area contributed by atoms with Crippen molar-refractivity contribution in [3.63, 3.8) is 0 Å². The molecule has 51 valence electrons. The van der Waals surface area contributed by atoms with E-state index in [1.807, 2.05) is 0 Å². The Balaban J connectivity index is 3.15. The minimum absolute atomic E-state index is 0.0440. The van der Waals surface area contributed by atoms with Crippen LogP contribution in [-0.2, 0) is 0 Å². The fourth-order valence-electron chi connectivity index (χ4n) is 0.670. The van der Waals surface area contributed by atoms with E-state index in [4.69, 9.17) is 10.8 Å². The van der Waals surface area contributed by atoms with E-state index in [-0.39, 0.29) is 11.3 Å². The first-order valence-electron chi connectivity index (χ1n) is 2.76. The molecule has 1 aromatic rings. The molecule has 3 nitrogen and oxygen atoms in total. The van der Waals surface area contributed by atoms with Gasteiger partial charge in [-0.1, -0.05) is 12.1 Å². The second-order valence-electron chi connectivity index (χ2n) is 1.85. The molecule has 1 radical (unpaired) electrons. The fraction of sp³-hybridized carbons (Fsp3) is 0. The molecule has 3 heteroatoms. The lowest BCUT2D eigenvalue weighted by Gasteiger charge is -1.95. The Morgan fingerprint density at radius 3 is 2.40 bits per heavy atom. The van der Waals surface area contributed by atoms with Crippen molar-refractivity contribution in [3.05, 3.63) is 29.8 Å². The Kier molecular flexibility index (Phi) is 1.58. The van der Waals surface area contributed by atoms with Crippen LogP contribution in [0, 0.1) is 0 Å². The third kappa shape index (κ3) is 1.07. The van der Waals surface area contributed by atoms with Crippen molar-refractivity contribution in [2.45, 2.75) is 0 Å². The predicted octanol–water partition coefficient (Wildman–Crippen LogP) is 1.30. The van der Waals surface area contributed by atoms with Gasteiger partial charge in [-0.25, -0.2) is 4.79 Å². The van der Waals surface area contributed by atoms with E-state index in [0.29, 0.717) is 0 Å². The zero-order valence-electron chi connectivity index (χ0n) is 5.16. The van der Waals surface area contributed by atoms with Crippen LogP contribution in [0.15, 0.2) is 24.3 Å². The summed E-state index contributed by atoms with van der Waals surface area (Å²) in [6, 6.07) is 6.09. The maximum atomic E-state index is 10.3. The number of aromatic carboxylic acids is 1. The van der Waals surface area contributed by atoms with Gasteiger partial charge >= 0.3 is 5.97 Å². The average Bonchev–Trinajstić information content (AvgIpc) is 1.88.